The summed E-state index contributed by atoms with van der Waals surface area (Å²) < 4.78 is 9.98. The highest BCUT2D eigenvalue weighted by Crippen LogP contribution is 2.32. The molecule has 0 radical (unpaired) electrons. The van der Waals surface area contributed by atoms with Gasteiger partial charge in [0.15, 0.2) is 5.78 Å². The number of ether oxygens (including phenoxy) is 2. The van der Waals surface area contributed by atoms with Gasteiger partial charge in [0.1, 0.15) is 0 Å². The molecular formula is C12H15NO3. The van der Waals surface area contributed by atoms with E-state index < -0.39 is 6.29 Å². The van der Waals surface area contributed by atoms with E-state index in [-0.39, 0.29) is 11.7 Å². The normalized spacial score (nSPS) is 18.8. The Morgan fingerprint density at radius 2 is 2.25 bits per heavy atom. The fourth-order valence-electron chi connectivity index (χ4n) is 2.18. The average Bonchev–Trinajstić information content (AvgIpc) is 2.74. The standard InChI is InChI=1S/C12H15NO3/c1-15-12(16-2)11(14)9-6-5-8-4-3-7-13-10(8)9/h3-4,7,9,12H,5-6H2,1-2H3. The van der Waals surface area contributed by atoms with Crippen LogP contribution in [0.3, 0.4) is 0 Å². The molecule has 1 heterocycles. The molecule has 1 atom stereocenters. The first kappa shape index (κ1) is 11.2. The highest BCUT2D eigenvalue weighted by atomic mass is 16.7. The smallest absolute Gasteiger partial charge is 0.217 e. The molecule has 1 aliphatic carbocycles. The van der Waals surface area contributed by atoms with Crippen LogP contribution < -0.4 is 0 Å². The number of Topliss-reactive ketones (excluding diaryl/α,β-unsaturated/α-hetero) is 1. The quantitative estimate of drug-likeness (QED) is 0.719. The lowest BCUT2D eigenvalue weighted by Crippen LogP contribution is -2.29. The lowest BCUT2D eigenvalue weighted by atomic mass is 10.0. The second kappa shape index (κ2) is 4.72. The third-order valence-corrected chi connectivity index (χ3v) is 2.96. The van der Waals surface area contributed by atoms with Crippen molar-refractivity contribution >= 4 is 5.78 Å². The molecule has 0 bridgehead atoms. The third kappa shape index (κ3) is 1.86. The van der Waals surface area contributed by atoms with E-state index in [0.29, 0.717) is 0 Å². The number of nitrogens with zero attached hydrogens (tertiary/aromatic N) is 1. The molecule has 1 aromatic rings. The summed E-state index contributed by atoms with van der Waals surface area (Å²) in [6.07, 6.45) is 2.64. The number of rotatable bonds is 4. The van der Waals surface area contributed by atoms with E-state index in [1.54, 1.807) is 6.20 Å². The number of aromatic nitrogens is 1. The van der Waals surface area contributed by atoms with Crippen LogP contribution in [0.2, 0.25) is 0 Å². The van der Waals surface area contributed by atoms with Crippen molar-refractivity contribution in [2.75, 3.05) is 14.2 Å². The minimum absolute atomic E-state index is 0.0394. The van der Waals surface area contributed by atoms with Crippen LogP contribution in [0.25, 0.3) is 0 Å². The van der Waals surface area contributed by atoms with Crippen molar-refractivity contribution in [1.82, 2.24) is 4.98 Å². The van der Waals surface area contributed by atoms with Crippen LogP contribution in [-0.2, 0) is 20.7 Å². The predicted octanol–water partition coefficient (Wildman–Crippen LogP) is 1.30. The predicted molar refractivity (Wildman–Crippen MR) is 58.1 cm³/mol. The van der Waals surface area contributed by atoms with Gasteiger partial charge < -0.3 is 9.47 Å². The summed E-state index contributed by atoms with van der Waals surface area (Å²) in [6.45, 7) is 0. The van der Waals surface area contributed by atoms with Gasteiger partial charge in [-0.15, -0.1) is 0 Å². The van der Waals surface area contributed by atoms with Gasteiger partial charge in [-0.2, -0.15) is 0 Å². The number of carbonyl (C=O) groups excluding carboxylic acids is 1. The lowest BCUT2D eigenvalue weighted by molar-refractivity contribution is -0.158. The molecular weight excluding hydrogens is 206 g/mol. The first-order chi connectivity index (χ1) is 7.77. The van der Waals surface area contributed by atoms with Crippen LogP contribution in [0.4, 0.5) is 0 Å². The monoisotopic (exact) mass is 221 g/mol. The SMILES string of the molecule is COC(OC)C(=O)C1CCc2cccnc21. The van der Waals surface area contributed by atoms with Gasteiger partial charge in [0, 0.05) is 20.4 Å². The van der Waals surface area contributed by atoms with Gasteiger partial charge >= 0.3 is 0 Å². The van der Waals surface area contributed by atoms with E-state index in [4.69, 9.17) is 9.47 Å². The Morgan fingerprint density at radius 3 is 2.94 bits per heavy atom. The summed E-state index contributed by atoms with van der Waals surface area (Å²) in [4.78, 5) is 16.4. The Hall–Kier alpha value is -1.26. The lowest BCUT2D eigenvalue weighted by Gasteiger charge is -2.16. The summed E-state index contributed by atoms with van der Waals surface area (Å²) >= 11 is 0. The fraction of sp³-hybridized carbons (Fsp3) is 0.500. The molecule has 0 N–H and O–H groups in total. The second-order valence-electron chi connectivity index (χ2n) is 3.84. The van der Waals surface area contributed by atoms with Crippen LogP contribution >= 0.6 is 0 Å². The molecule has 0 aromatic carbocycles. The van der Waals surface area contributed by atoms with Crippen LogP contribution in [0.15, 0.2) is 18.3 Å². The van der Waals surface area contributed by atoms with E-state index in [1.165, 1.54) is 14.2 Å². The Labute approximate surface area is 94.6 Å². The maximum atomic E-state index is 12.1. The van der Waals surface area contributed by atoms with Crippen molar-refractivity contribution in [3.63, 3.8) is 0 Å². The number of hydrogen-bond donors (Lipinski definition) is 0. The molecule has 0 aliphatic heterocycles. The van der Waals surface area contributed by atoms with E-state index in [9.17, 15) is 4.79 Å². The molecule has 1 aliphatic rings. The highest BCUT2D eigenvalue weighted by molar-refractivity contribution is 5.89. The zero-order chi connectivity index (χ0) is 11.5. The van der Waals surface area contributed by atoms with E-state index in [1.807, 2.05) is 12.1 Å². The van der Waals surface area contributed by atoms with Gasteiger partial charge in [-0.1, -0.05) is 6.07 Å². The molecule has 0 saturated heterocycles. The van der Waals surface area contributed by atoms with Gasteiger partial charge in [-0.3, -0.25) is 9.78 Å². The molecule has 86 valence electrons. The minimum atomic E-state index is -0.780. The molecule has 0 amide bonds. The number of aryl methyl sites for hydroxylation is 1. The molecule has 4 heteroatoms. The topological polar surface area (TPSA) is 48.4 Å². The first-order valence-electron chi connectivity index (χ1n) is 5.31. The minimum Gasteiger partial charge on any atom is -0.349 e. The van der Waals surface area contributed by atoms with Gasteiger partial charge in [0.25, 0.3) is 0 Å². The second-order valence-corrected chi connectivity index (χ2v) is 3.84. The molecule has 0 spiro atoms. The van der Waals surface area contributed by atoms with Gasteiger partial charge in [-0.05, 0) is 24.5 Å². The molecule has 0 fully saturated rings. The number of fused-ring (bicyclic) bond motifs is 1. The Bertz CT molecular complexity index is 388. The summed E-state index contributed by atoms with van der Waals surface area (Å²) in [7, 11) is 2.95. The Morgan fingerprint density at radius 1 is 1.50 bits per heavy atom. The highest BCUT2D eigenvalue weighted by Gasteiger charge is 2.34. The van der Waals surface area contributed by atoms with Crippen LogP contribution in [-0.4, -0.2) is 31.3 Å². The number of methoxy groups -OCH3 is 2. The van der Waals surface area contributed by atoms with Crippen molar-refractivity contribution in [2.45, 2.75) is 25.0 Å². The summed E-state index contributed by atoms with van der Waals surface area (Å²) in [5.74, 6) is -0.219. The number of carbonyl (C=O) groups is 1. The third-order valence-electron chi connectivity index (χ3n) is 2.96. The summed E-state index contributed by atoms with van der Waals surface area (Å²) in [6, 6.07) is 3.92. The van der Waals surface area contributed by atoms with E-state index in [2.05, 4.69) is 4.98 Å². The zero-order valence-electron chi connectivity index (χ0n) is 9.47. The zero-order valence-corrected chi connectivity index (χ0v) is 9.47. The van der Waals surface area contributed by atoms with Crippen molar-refractivity contribution in [1.29, 1.82) is 0 Å². The maximum Gasteiger partial charge on any atom is 0.217 e. The van der Waals surface area contributed by atoms with Crippen molar-refractivity contribution in [3.8, 4) is 0 Å². The van der Waals surface area contributed by atoms with Gasteiger partial charge in [0.05, 0.1) is 11.6 Å². The fourth-order valence-corrected chi connectivity index (χ4v) is 2.18. The average molecular weight is 221 g/mol. The van der Waals surface area contributed by atoms with E-state index >= 15 is 0 Å². The van der Waals surface area contributed by atoms with Crippen molar-refractivity contribution in [2.24, 2.45) is 0 Å². The van der Waals surface area contributed by atoms with Crippen LogP contribution in [0, 0.1) is 0 Å². The number of ketones is 1. The maximum absolute atomic E-state index is 12.1. The van der Waals surface area contributed by atoms with Crippen LogP contribution in [0.1, 0.15) is 23.6 Å². The number of hydrogen-bond acceptors (Lipinski definition) is 4. The summed E-state index contributed by atoms with van der Waals surface area (Å²) in [5.41, 5.74) is 2.04. The number of pyridine rings is 1. The molecule has 2 rings (SSSR count). The van der Waals surface area contributed by atoms with Gasteiger partial charge in [-0.25, -0.2) is 0 Å². The Balaban J connectivity index is 2.22. The van der Waals surface area contributed by atoms with Crippen molar-refractivity contribution < 1.29 is 14.3 Å². The molecule has 0 saturated carbocycles. The van der Waals surface area contributed by atoms with E-state index in [0.717, 1.165) is 24.1 Å². The first-order valence-corrected chi connectivity index (χ1v) is 5.31. The molecule has 16 heavy (non-hydrogen) atoms. The molecule has 1 unspecified atom stereocenters. The molecule has 1 aromatic heterocycles. The van der Waals surface area contributed by atoms with Crippen molar-refractivity contribution in [3.05, 3.63) is 29.6 Å². The molecule has 4 nitrogen and oxygen atoms in total. The largest absolute Gasteiger partial charge is 0.349 e. The van der Waals surface area contributed by atoms with Gasteiger partial charge in [0.2, 0.25) is 6.29 Å². The Kier molecular flexibility index (Phi) is 3.31. The summed E-state index contributed by atoms with van der Waals surface area (Å²) in [5, 5.41) is 0. The van der Waals surface area contributed by atoms with Crippen LogP contribution in [0.5, 0.6) is 0 Å².